The van der Waals surface area contributed by atoms with Gasteiger partial charge in [0.1, 0.15) is 5.65 Å². The number of pyridine rings is 2. The van der Waals surface area contributed by atoms with Crippen LogP contribution in [0.4, 0.5) is 0 Å². The fourth-order valence-corrected chi connectivity index (χ4v) is 2.92. The van der Waals surface area contributed by atoms with E-state index in [1.807, 2.05) is 71.4 Å². The first kappa shape index (κ1) is 13.8. The van der Waals surface area contributed by atoms with Crippen LogP contribution in [0.2, 0.25) is 0 Å². The highest BCUT2D eigenvalue weighted by molar-refractivity contribution is 5.91. The zero-order valence-electron chi connectivity index (χ0n) is 13.2. The van der Waals surface area contributed by atoms with E-state index in [0.29, 0.717) is 0 Å². The number of para-hydroxylation sites is 2. The van der Waals surface area contributed by atoms with E-state index in [-0.39, 0.29) is 0 Å². The second kappa shape index (κ2) is 5.49. The molecule has 0 aliphatic carbocycles. The van der Waals surface area contributed by atoms with Gasteiger partial charge in [-0.25, -0.2) is 9.97 Å². The molecule has 5 rings (SSSR count). The Morgan fingerprint density at radius 2 is 1.64 bits per heavy atom. The van der Waals surface area contributed by atoms with Crippen LogP contribution in [0.5, 0.6) is 0 Å². The first-order valence-electron chi connectivity index (χ1n) is 7.99. The van der Waals surface area contributed by atoms with E-state index in [1.165, 1.54) is 0 Å². The fraction of sp³-hybridized carbons (Fsp3) is 0. The summed E-state index contributed by atoms with van der Waals surface area (Å²) in [5.41, 5.74) is 5.29. The predicted octanol–water partition coefficient (Wildman–Crippen LogP) is 4.00. The molecule has 0 bridgehead atoms. The Morgan fingerprint density at radius 3 is 2.60 bits per heavy atom. The van der Waals surface area contributed by atoms with E-state index in [1.54, 1.807) is 12.4 Å². The van der Waals surface area contributed by atoms with Gasteiger partial charge < -0.3 is 4.40 Å². The topological polar surface area (TPSA) is 56.0 Å². The maximum Gasteiger partial charge on any atom is 0.146 e. The Hall–Kier alpha value is -3.60. The van der Waals surface area contributed by atoms with Gasteiger partial charge in [0, 0.05) is 24.0 Å². The third-order valence-electron chi connectivity index (χ3n) is 4.12. The van der Waals surface area contributed by atoms with Crippen molar-refractivity contribution in [1.82, 2.24) is 24.3 Å². The molecule has 0 fully saturated rings. The molecule has 25 heavy (non-hydrogen) atoms. The monoisotopic (exact) mass is 323 g/mol. The summed E-state index contributed by atoms with van der Waals surface area (Å²) in [4.78, 5) is 18.1. The normalized spacial score (nSPS) is 11.8. The molecule has 4 heterocycles. The van der Waals surface area contributed by atoms with Gasteiger partial charge in [-0.1, -0.05) is 12.1 Å². The molecule has 0 spiro atoms. The van der Waals surface area contributed by atoms with Gasteiger partial charge in [0.2, 0.25) is 0 Å². The zero-order chi connectivity index (χ0) is 16.6. The summed E-state index contributed by atoms with van der Waals surface area (Å²) in [6.45, 7) is 0. The lowest BCUT2D eigenvalue weighted by Crippen LogP contribution is -1.86. The average molecular weight is 323 g/mol. The molecule has 5 aromatic rings. The zero-order valence-corrected chi connectivity index (χ0v) is 13.2. The molecule has 0 saturated heterocycles. The van der Waals surface area contributed by atoms with Crippen molar-refractivity contribution in [3.63, 3.8) is 0 Å². The Labute approximate surface area is 143 Å². The molecule has 0 N–H and O–H groups in total. The van der Waals surface area contributed by atoms with Gasteiger partial charge in [-0.15, -0.1) is 0 Å². The summed E-state index contributed by atoms with van der Waals surface area (Å²) in [5.74, 6) is 0. The van der Waals surface area contributed by atoms with Crippen LogP contribution in [0.1, 0.15) is 11.4 Å². The summed E-state index contributed by atoms with van der Waals surface area (Å²) in [5, 5.41) is 1.04. The van der Waals surface area contributed by atoms with Crippen LogP contribution in [-0.4, -0.2) is 24.3 Å². The van der Waals surface area contributed by atoms with Crippen molar-refractivity contribution in [3.05, 3.63) is 78.6 Å². The van der Waals surface area contributed by atoms with Crippen LogP contribution in [0.15, 0.2) is 67.3 Å². The first-order chi connectivity index (χ1) is 12.4. The molecule has 118 valence electrons. The lowest BCUT2D eigenvalue weighted by Gasteiger charge is -1.97. The van der Waals surface area contributed by atoms with E-state index in [4.69, 9.17) is 4.98 Å². The van der Waals surface area contributed by atoms with Gasteiger partial charge in [0.25, 0.3) is 0 Å². The molecule has 0 aliphatic rings. The number of benzene rings is 1. The Kier molecular flexibility index (Phi) is 3.03. The first-order valence-corrected chi connectivity index (χ1v) is 7.99. The quantitative estimate of drug-likeness (QED) is 0.493. The highest BCUT2D eigenvalue weighted by Gasteiger charge is 2.04. The highest BCUT2D eigenvalue weighted by atomic mass is 15.0. The van der Waals surface area contributed by atoms with E-state index in [2.05, 4.69) is 15.0 Å². The molecule has 4 aromatic heterocycles. The fourth-order valence-electron chi connectivity index (χ4n) is 2.92. The van der Waals surface area contributed by atoms with Gasteiger partial charge >= 0.3 is 0 Å². The maximum atomic E-state index is 4.71. The highest BCUT2D eigenvalue weighted by Crippen LogP contribution is 2.18. The van der Waals surface area contributed by atoms with Gasteiger partial charge in [-0.2, -0.15) is 0 Å². The molecule has 0 amide bonds. The second-order valence-electron chi connectivity index (χ2n) is 5.77. The number of hydrogen-bond donors (Lipinski definition) is 0. The van der Waals surface area contributed by atoms with Crippen LogP contribution < -0.4 is 0 Å². The minimum absolute atomic E-state index is 0.808. The molecular formula is C20H13N5. The summed E-state index contributed by atoms with van der Waals surface area (Å²) in [6, 6.07) is 13.8. The maximum absolute atomic E-state index is 4.71. The summed E-state index contributed by atoms with van der Waals surface area (Å²) in [6.07, 6.45) is 11.4. The molecule has 0 atom stereocenters. The predicted molar refractivity (Wildman–Crippen MR) is 99.0 cm³/mol. The van der Waals surface area contributed by atoms with E-state index < -0.39 is 0 Å². The number of fused-ring (bicyclic) bond motifs is 4. The number of hydrogen-bond acceptors (Lipinski definition) is 4. The summed E-state index contributed by atoms with van der Waals surface area (Å²) >= 11 is 0. The third kappa shape index (κ3) is 2.42. The van der Waals surface area contributed by atoms with Crippen molar-refractivity contribution < 1.29 is 0 Å². The summed E-state index contributed by atoms with van der Waals surface area (Å²) in [7, 11) is 0. The standard InChI is InChI=1S/C20H13N5/c1-2-6-19-18(5-1)22-12-14(23-19)7-8-15-13-25-11-9-17-16(20(25)24-15)4-3-10-21-17/h1-13H/b8-7+. The van der Waals surface area contributed by atoms with Crippen molar-refractivity contribution in [2.75, 3.05) is 0 Å². The third-order valence-corrected chi connectivity index (χ3v) is 4.12. The Bertz CT molecular complexity index is 1250. The number of nitrogens with zero attached hydrogens (tertiary/aromatic N) is 5. The second-order valence-corrected chi connectivity index (χ2v) is 5.77. The minimum Gasteiger partial charge on any atom is -0.306 e. The number of imidazole rings is 1. The summed E-state index contributed by atoms with van der Waals surface area (Å²) < 4.78 is 2.01. The van der Waals surface area contributed by atoms with Crippen molar-refractivity contribution in [2.45, 2.75) is 0 Å². The van der Waals surface area contributed by atoms with Gasteiger partial charge in [-0.3, -0.25) is 9.97 Å². The van der Waals surface area contributed by atoms with Crippen LogP contribution in [0.3, 0.4) is 0 Å². The minimum atomic E-state index is 0.808. The smallest absolute Gasteiger partial charge is 0.146 e. The van der Waals surface area contributed by atoms with Crippen LogP contribution in [0.25, 0.3) is 39.7 Å². The van der Waals surface area contributed by atoms with E-state index >= 15 is 0 Å². The lowest BCUT2D eigenvalue weighted by atomic mass is 10.2. The molecule has 0 unspecified atom stereocenters. The van der Waals surface area contributed by atoms with Crippen LogP contribution in [-0.2, 0) is 0 Å². The molecular weight excluding hydrogens is 310 g/mol. The average Bonchev–Trinajstić information content (AvgIpc) is 3.10. The van der Waals surface area contributed by atoms with Crippen molar-refractivity contribution in [3.8, 4) is 0 Å². The van der Waals surface area contributed by atoms with Crippen LogP contribution >= 0.6 is 0 Å². The lowest BCUT2D eigenvalue weighted by molar-refractivity contribution is 1.19. The molecule has 0 radical (unpaired) electrons. The molecule has 5 heteroatoms. The SMILES string of the molecule is C(=C\c1cn2ccc3ncccc3c2n1)/c1cnc2ccccc2n1. The van der Waals surface area contributed by atoms with Crippen LogP contribution in [0, 0.1) is 0 Å². The van der Waals surface area contributed by atoms with E-state index in [0.717, 1.165) is 39.0 Å². The van der Waals surface area contributed by atoms with Crippen molar-refractivity contribution in [2.24, 2.45) is 0 Å². The largest absolute Gasteiger partial charge is 0.306 e. The Balaban J connectivity index is 1.56. The number of rotatable bonds is 2. The van der Waals surface area contributed by atoms with E-state index in [9.17, 15) is 0 Å². The Morgan fingerprint density at radius 1 is 0.760 bits per heavy atom. The van der Waals surface area contributed by atoms with Crippen molar-refractivity contribution >= 4 is 39.7 Å². The van der Waals surface area contributed by atoms with Gasteiger partial charge in [0.05, 0.1) is 34.1 Å². The molecule has 1 aromatic carbocycles. The molecule has 0 aliphatic heterocycles. The molecule has 0 saturated carbocycles. The van der Waals surface area contributed by atoms with Gasteiger partial charge in [-0.05, 0) is 42.5 Å². The van der Waals surface area contributed by atoms with Crippen molar-refractivity contribution in [1.29, 1.82) is 0 Å². The molecule has 5 nitrogen and oxygen atoms in total. The van der Waals surface area contributed by atoms with Gasteiger partial charge in [0.15, 0.2) is 0 Å². The number of aromatic nitrogens is 5.